The minimum atomic E-state index is -2.77. The Kier molecular flexibility index (Phi) is 8.63. The van der Waals surface area contributed by atoms with Gasteiger partial charge in [0.2, 0.25) is 0 Å². The highest BCUT2D eigenvalue weighted by Gasteiger charge is 2.43. The molecular weight excluding hydrogens is 765 g/mol. The average molecular weight is 817 g/mol. The molecule has 3 atom stereocenters. The number of hydrogen-bond acceptors (Lipinski definition) is 0. The second-order valence-electron chi connectivity index (χ2n) is 18.7. The Hall–Kier alpha value is -6.42. The van der Waals surface area contributed by atoms with Gasteiger partial charge in [0.05, 0.1) is 11.0 Å². The van der Waals surface area contributed by atoms with Gasteiger partial charge < -0.3 is 9.13 Å². The second-order valence-corrected chi connectivity index (χ2v) is 22.7. The molecule has 4 aliphatic carbocycles. The van der Waals surface area contributed by atoms with Crippen LogP contribution in [0.4, 0.5) is 0 Å². The first-order valence-electron chi connectivity index (χ1n) is 22.8. The van der Waals surface area contributed by atoms with E-state index in [4.69, 9.17) is 0 Å². The molecule has 0 saturated heterocycles. The van der Waals surface area contributed by atoms with Crippen molar-refractivity contribution < 1.29 is 0 Å². The van der Waals surface area contributed by atoms with Crippen LogP contribution in [0.5, 0.6) is 0 Å². The van der Waals surface area contributed by atoms with E-state index in [9.17, 15) is 0 Å². The van der Waals surface area contributed by atoms with Crippen LogP contribution >= 0.6 is 0 Å². The number of hydrogen-bond donors (Lipinski definition) is 0. The van der Waals surface area contributed by atoms with Crippen molar-refractivity contribution in [2.24, 2.45) is 11.8 Å². The highest BCUT2D eigenvalue weighted by molar-refractivity contribution is 7.11. The number of aromatic nitrogens is 2. The van der Waals surface area contributed by atoms with Crippen molar-refractivity contribution in [3.8, 4) is 22.5 Å². The van der Waals surface area contributed by atoms with E-state index in [2.05, 4.69) is 218 Å². The maximum absolute atomic E-state index is 2.77. The number of benzene rings is 6. The summed E-state index contributed by atoms with van der Waals surface area (Å²) in [5, 5.41) is 7.10. The zero-order valence-electron chi connectivity index (χ0n) is 36.0. The SMILES string of the molecule is C[C@@H]1C=CC=CC1C[Si](c1ccccc1)(c1cccc(-n2c3c(c4ccccc42)C=CCC3)c1)c1cccc(-n2c3c(c4cc5c(cc42)-c2ccccc2C5(C)C)C=CCC3)c1. The van der Waals surface area contributed by atoms with E-state index in [1.54, 1.807) is 0 Å². The maximum atomic E-state index is 2.64. The number of nitrogens with zero attached hydrogens (tertiary/aromatic N) is 2. The lowest BCUT2D eigenvalue weighted by atomic mass is 9.82. The van der Waals surface area contributed by atoms with Gasteiger partial charge in [-0.1, -0.05) is 166 Å². The Bertz CT molecular complexity index is 3220. The smallest absolute Gasteiger partial charge is 0.149 e. The number of rotatable bonds is 7. The molecular formula is C59H52N2Si. The zero-order valence-corrected chi connectivity index (χ0v) is 37.0. The van der Waals surface area contributed by atoms with Crippen molar-refractivity contribution in [3.05, 3.63) is 210 Å². The first kappa shape index (κ1) is 37.3. The highest BCUT2D eigenvalue weighted by Crippen LogP contribution is 2.51. The molecule has 2 nitrogen and oxygen atoms in total. The molecule has 6 aromatic carbocycles. The van der Waals surface area contributed by atoms with Crippen LogP contribution in [0.25, 0.3) is 56.5 Å². The molecule has 2 unspecified atom stereocenters. The summed E-state index contributed by atoms with van der Waals surface area (Å²) in [6.45, 7) is 7.21. The van der Waals surface area contributed by atoms with Crippen LogP contribution in [0.3, 0.4) is 0 Å². The van der Waals surface area contributed by atoms with Gasteiger partial charge in [-0.05, 0) is 124 Å². The minimum absolute atomic E-state index is 0.0499. The van der Waals surface area contributed by atoms with Crippen molar-refractivity contribution in [3.63, 3.8) is 0 Å². The van der Waals surface area contributed by atoms with Gasteiger partial charge in [-0.25, -0.2) is 0 Å². The van der Waals surface area contributed by atoms with Crippen LogP contribution in [-0.2, 0) is 18.3 Å². The molecule has 2 aromatic heterocycles. The molecule has 0 spiro atoms. The van der Waals surface area contributed by atoms with Gasteiger partial charge in [0.15, 0.2) is 0 Å². The molecule has 0 aliphatic heterocycles. The summed E-state index contributed by atoms with van der Waals surface area (Å²) in [5.74, 6) is 0.844. The molecule has 62 heavy (non-hydrogen) atoms. The number of allylic oxidation sites excluding steroid dienone is 6. The molecule has 4 aliphatic rings. The predicted molar refractivity (Wildman–Crippen MR) is 266 cm³/mol. The molecule has 0 N–H and O–H groups in total. The Morgan fingerprint density at radius 3 is 1.89 bits per heavy atom. The van der Waals surface area contributed by atoms with Gasteiger partial charge in [-0.2, -0.15) is 0 Å². The van der Waals surface area contributed by atoms with Crippen LogP contribution in [-0.4, -0.2) is 17.2 Å². The van der Waals surface area contributed by atoms with Crippen molar-refractivity contribution in [2.45, 2.75) is 57.9 Å². The van der Waals surface area contributed by atoms with E-state index in [1.165, 1.54) is 93.5 Å². The third-order valence-electron chi connectivity index (χ3n) is 15.1. The lowest BCUT2D eigenvalue weighted by Gasteiger charge is -2.38. The normalized spacial score (nSPS) is 19.0. The van der Waals surface area contributed by atoms with Crippen molar-refractivity contribution in [2.75, 3.05) is 0 Å². The fraction of sp³-hybridized carbons (Fsp3) is 0.186. The van der Waals surface area contributed by atoms with Gasteiger partial charge in [0, 0.05) is 50.1 Å². The van der Waals surface area contributed by atoms with E-state index in [0.29, 0.717) is 11.8 Å². The molecule has 3 heteroatoms. The Morgan fingerprint density at radius 2 is 1.16 bits per heavy atom. The van der Waals surface area contributed by atoms with Crippen LogP contribution in [0.15, 0.2) is 176 Å². The number of fused-ring (bicyclic) bond motifs is 9. The summed E-state index contributed by atoms with van der Waals surface area (Å²) in [5.41, 5.74) is 16.3. The third-order valence-corrected chi connectivity index (χ3v) is 20.1. The van der Waals surface area contributed by atoms with Crippen molar-refractivity contribution in [1.29, 1.82) is 0 Å². The Labute approximate surface area is 366 Å². The minimum Gasteiger partial charge on any atom is -0.313 e. The van der Waals surface area contributed by atoms with Gasteiger partial charge >= 0.3 is 0 Å². The largest absolute Gasteiger partial charge is 0.313 e. The summed E-state index contributed by atoms with van der Waals surface area (Å²) in [6.07, 6.45) is 23.1. The van der Waals surface area contributed by atoms with Crippen molar-refractivity contribution >= 4 is 57.6 Å². The summed E-state index contributed by atoms with van der Waals surface area (Å²) < 4.78 is 5.22. The summed E-state index contributed by atoms with van der Waals surface area (Å²) in [7, 11) is -2.77. The summed E-state index contributed by atoms with van der Waals surface area (Å²) in [6, 6.07) is 55.4. The van der Waals surface area contributed by atoms with Gasteiger partial charge in [-0.15, -0.1) is 0 Å². The first-order valence-corrected chi connectivity index (χ1v) is 25.0. The Balaban J connectivity index is 1.11. The van der Waals surface area contributed by atoms with E-state index in [1.807, 2.05) is 0 Å². The van der Waals surface area contributed by atoms with Crippen molar-refractivity contribution in [1.82, 2.24) is 9.13 Å². The van der Waals surface area contributed by atoms with E-state index in [-0.39, 0.29) is 5.41 Å². The third kappa shape index (κ3) is 5.54. The molecule has 0 fully saturated rings. The quantitative estimate of drug-likeness (QED) is 0.112. The second kappa shape index (κ2) is 14.3. The molecule has 0 bridgehead atoms. The van der Waals surface area contributed by atoms with E-state index in [0.717, 1.165) is 31.7 Å². The fourth-order valence-electron chi connectivity index (χ4n) is 11.9. The highest BCUT2D eigenvalue weighted by atomic mass is 28.3. The monoisotopic (exact) mass is 816 g/mol. The zero-order chi connectivity index (χ0) is 41.6. The summed E-state index contributed by atoms with van der Waals surface area (Å²) >= 11 is 0. The van der Waals surface area contributed by atoms with Gasteiger partial charge in [-0.3, -0.25) is 0 Å². The molecule has 302 valence electrons. The van der Waals surface area contributed by atoms with Crippen LogP contribution in [0.1, 0.15) is 67.3 Å². The standard InChI is InChI=1S/C59H52N2Si/c1-40-19-7-8-20-41(40)39-62(44-23-5-4-6-24-44,45-25-17-21-42(35-45)60-55-32-14-10-28-48(55)49-29-11-15-33-56(49)60)46-26-18-22-43(36-46)61-57-34-16-12-30-50(57)52-37-54-51(38-58(52)61)47-27-9-13-31-53(47)59(54,2)3/h4-14,17-32,35-38,40-41H,15-16,33-34,39H2,1-3H3/t40-,41?,62?/m1/s1. The molecule has 2 heterocycles. The van der Waals surface area contributed by atoms with Crippen LogP contribution in [0.2, 0.25) is 6.04 Å². The molecule has 0 amide bonds. The lowest BCUT2D eigenvalue weighted by molar-refractivity contribution is 0.548. The fourth-order valence-corrected chi connectivity index (χ4v) is 17.2. The number of para-hydroxylation sites is 1. The van der Waals surface area contributed by atoms with E-state index < -0.39 is 8.07 Å². The molecule has 0 saturated carbocycles. The molecule has 12 rings (SSSR count). The van der Waals surface area contributed by atoms with E-state index >= 15 is 0 Å². The maximum Gasteiger partial charge on any atom is 0.149 e. The summed E-state index contributed by atoms with van der Waals surface area (Å²) in [4.78, 5) is 0. The topological polar surface area (TPSA) is 9.86 Å². The lowest BCUT2D eigenvalue weighted by Crippen LogP contribution is -2.68. The predicted octanol–water partition coefficient (Wildman–Crippen LogP) is 12.6. The van der Waals surface area contributed by atoms with Crippen LogP contribution in [0, 0.1) is 11.8 Å². The first-order chi connectivity index (χ1) is 30.4. The molecule has 8 aromatic rings. The Morgan fingerprint density at radius 1 is 0.548 bits per heavy atom. The van der Waals surface area contributed by atoms with Gasteiger partial charge in [0.1, 0.15) is 8.07 Å². The van der Waals surface area contributed by atoms with Gasteiger partial charge in [0.25, 0.3) is 0 Å². The average Bonchev–Trinajstić information content (AvgIpc) is 3.91. The molecule has 0 radical (unpaired) electrons. The van der Waals surface area contributed by atoms with Crippen LogP contribution < -0.4 is 15.6 Å².